The average molecular weight is 457 g/mol. The quantitative estimate of drug-likeness (QED) is 0.542. The highest BCUT2D eigenvalue weighted by Crippen LogP contribution is 2.38. The predicted octanol–water partition coefficient (Wildman–Crippen LogP) is 3.33. The number of imide groups is 1. The summed E-state index contributed by atoms with van der Waals surface area (Å²) in [5.41, 5.74) is 1.71. The Bertz CT molecular complexity index is 924. The molecule has 4 heterocycles. The average Bonchev–Trinajstić information content (AvgIpc) is 3.29. The van der Waals surface area contributed by atoms with Gasteiger partial charge < -0.3 is 9.64 Å². The molecule has 1 spiro atoms. The minimum atomic E-state index is -0.731. The van der Waals surface area contributed by atoms with E-state index in [1.165, 1.54) is 15.3 Å². The highest BCUT2D eigenvalue weighted by molar-refractivity contribution is 7.10. The first-order valence-electron chi connectivity index (χ1n) is 11.3. The number of ether oxygens (including phenoxy) is 1. The van der Waals surface area contributed by atoms with Gasteiger partial charge in [0.15, 0.2) is 0 Å². The monoisotopic (exact) mass is 456 g/mol. The van der Waals surface area contributed by atoms with E-state index in [9.17, 15) is 9.59 Å². The van der Waals surface area contributed by atoms with Crippen molar-refractivity contribution in [3.05, 3.63) is 52.0 Å². The number of piperidine rings is 1. The first-order valence-corrected chi connectivity index (χ1v) is 12.2. The fourth-order valence-electron chi connectivity index (χ4n) is 4.79. The van der Waals surface area contributed by atoms with Crippen LogP contribution < -0.4 is 0 Å². The van der Waals surface area contributed by atoms with Crippen molar-refractivity contribution in [1.82, 2.24) is 19.7 Å². The van der Waals surface area contributed by atoms with E-state index in [2.05, 4.69) is 28.3 Å². The molecule has 2 aliphatic rings. The number of carbonyl (C=O) groups excluding carboxylic acids is 2. The van der Waals surface area contributed by atoms with Crippen LogP contribution in [0, 0.1) is 6.92 Å². The fourth-order valence-corrected chi connectivity index (χ4v) is 5.74. The topological polar surface area (TPSA) is 66.0 Å². The Morgan fingerprint density at radius 2 is 2.00 bits per heavy atom. The summed E-state index contributed by atoms with van der Waals surface area (Å²) in [6.45, 7) is 6.00. The van der Waals surface area contributed by atoms with E-state index in [-0.39, 0.29) is 11.9 Å². The van der Waals surface area contributed by atoms with Gasteiger partial charge in [0.1, 0.15) is 5.54 Å². The Balaban J connectivity index is 1.43. The van der Waals surface area contributed by atoms with E-state index >= 15 is 0 Å². The van der Waals surface area contributed by atoms with Crippen molar-refractivity contribution in [2.75, 3.05) is 39.9 Å². The molecule has 0 aliphatic carbocycles. The van der Waals surface area contributed by atoms with E-state index in [1.54, 1.807) is 29.5 Å². The van der Waals surface area contributed by atoms with E-state index in [1.807, 2.05) is 18.3 Å². The number of hydrogen-bond donors (Lipinski definition) is 0. The third-order valence-electron chi connectivity index (χ3n) is 6.73. The molecule has 0 atom stereocenters. The molecule has 32 heavy (non-hydrogen) atoms. The van der Waals surface area contributed by atoms with Gasteiger partial charge in [0.05, 0.1) is 6.61 Å². The smallest absolute Gasteiger partial charge is 0.327 e. The van der Waals surface area contributed by atoms with Crippen LogP contribution in [0.5, 0.6) is 0 Å². The molecule has 2 aliphatic heterocycles. The molecule has 0 radical (unpaired) electrons. The van der Waals surface area contributed by atoms with Crippen LogP contribution in [-0.4, -0.2) is 77.1 Å². The molecule has 2 aromatic heterocycles. The zero-order valence-corrected chi connectivity index (χ0v) is 19.8. The minimum absolute atomic E-state index is 0.0308. The maximum Gasteiger partial charge on any atom is 0.327 e. The zero-order chi connectivity index (χ0) is 22.6. The van der Waals surface area contributed by atoms with Crippen LogP contribution in [0.4, 0.5) is 4.79 Å². The number of amides is 3. The van der Waals surface area contributed by atoms with Crippen molar-refractivity contribution in [2.45, 2.75) is 44.7 Å². The van der Waals surface area contributed by atoms with Crippen LogP contribution >= 0.6 is 11.3 Å². The van der Waals surface area contributed by atoms with Gasteiger partial charge in [0.2, 0.25) is 0 Å². The summed E-state index contributed by atoms with van der Waals surface area (Å²) in [5, 5.41) is 2.13. The van der Waals surface area contributed by atoms with Crippen molar-refractivity contribution in [3.63, 3.8) is 0 Å². The number of rotatable bonds is 9. The molecule has 7 nitrogen and oxygen atoms in total. The molecule has 4 rings (SSSR count). The van der Waals surface area contributed by atoms with Crippen LogP contribution in [0.2, 0.25) is 0 Å². The molecule has 0 aromatic carbocycles. The Morgan fingerprint density at radius 1 is 1.19 bits per heavy atom. The van der Waals surface area contributed by atoms with Crippen molar-refractivity contribution < 1.29 is 14.3 Å². The van der Waals surface area contributed by atoms with Gasteiger partial charge in [-0.1, -0.05) is 6.07 Å². The molecule has 0 unspecified atom stereocenters. The number of likely N-dealkylation sites (tertiary alicyclic amines) is 1. The predicted molar refractivity (Wildman–Crippen MR) is 125 cm³/mol. The Morgan fingerprint density at radius 3 is 2.66 bits per heavy atom. The second-order valence-corrected chi connectivity index (χ2v) is 9.68. The molecule has 2 aromatic rings. The summed E-state index contributed by atoms with van der Waals surface area (Å²) in [5.74, 6) is -0.0308. The number of carbonyl (C=O) groups is 2. The lowest BCUT2D eigenvalue weighted by molar-refractivity contribution is -0.136. The van der Waals surface area contributed by atoms with E-state index in [4.69, 9.17) is 4.74 Å². The summed E-state index contributed by atoms with van der Waals surface area (Å²) in [6, 6.07) is 5.92. The van der Waals surface area contributed by atoms with Crippen LogP contribution in [-0.2, 0) is 22.5 Å². The van der Waals surface area contributed by atoms with Crippen LogP contribution in [0.3, 0.4) is 0 Å². The summed E-state index contributed by atoms with van der Waals surface area (Å²) in [4.78, 5) is 38.0. The summed E-state index contributed by atoms with van der Waals surface area (Å²) in [7, 11) is 1.63. The molecule has 172 valence electrons. The number of hydrogen-bond acceptors (Lipinski definition) is 6. The van der Waals surface area contributed by atoms with Crippen LogP contribution in [0.1, 0.15) is 35.3 Å². The standard InChI is InChI=1S/C24H32N4O3S/c1-19-7-16-32-21(19)18-26-12-8-24(9-13-26)22(29)27(23(30)28(24)14-15-31-2)11-4-6-20-5-3-10-25-17-20/h3,5,7,10,16-17H,4,6,8-9,11-15,18H2,1-2H3. The molecule has 0 N–H and O–H groups in total. The molecule has 0 bridgehead atoms. The summed E-state index contributed by atoms with van der Waals surface area (Å²) in [6.07, 6.45) is 6.46. The maximum absolute atomic E-state index is 13.6. The fraction of sp³-hybridized carbons (Fsp3) is 0.542. The third-order valence-corrected chi connectivity index (χ3v) is 7.74. The molecular weight excluding hydrogens is 424 g/mol. The summed E-state index contributed by atoms with van der Waals surface area (Å²) < 4.78 is 5.26. The van der Waals surface area contributed by atoms with Gasteiger partial charge in [0, 0.05) is 57.1 Å². The van der Waals surface area contributed by atoms with Gasteiger partial charge in [-0.05, 0) is 61.2 Å². The number of aryl methyl sites for hydroxylation is 2. The number of methoxy groups -OCH3 is 1. The number of pyridine rings is 1. The van der Waals surface area contributed by atoms with Crippen molar-refractivity contribution >= 4 is 23.3 Å². The Labute approximate surface area is 194 Å². The maximum atomic E-state index is 13.6. The lowest BCUT2D eigenvalue weighted by Crippen LogP contribution is -2.57. The van der Waals surface area contributed by atoms with Crippen LogP contribution in [0.15, 0.2) is 36.0 Å². The SMILES string of the molecule is COCCN1C(=O)N(CCCc2cccnc2)C(=O)C12CCN(Cc1sccc1C)CC2. The minimum Gasteiger partial charge on any atom is -0.383 e. The lowest BCUT2D eigenvalue weighted by Gasteiger charge is -2.42. The van der Waals surface area contributed by atoms with Crippen molar-refractivity contribution in [1.29, 1.82) is 0 Å². The Hall–Kier alpha value is -2.29. The van der Waals surface area contributed by atoms with Crippen molar-refractivity contribution in [3.8, 4) is 0 Å². The van der Waals surface area contributed by atoms with Gasteiger partial charge in [-0.2, -0.15) is 0 Å². The van der Waals surface area contributed by atoms with Gasteiger partial charge in [-0.15, -0.1) is 11.3 Å². The largest absolute Gasteiger partial charge is 0.383 e. The second-order valence-electron chi connectivity index (χ2n) is 8.68. The van der Waals surface area contributed by atoms with E-state index in [0.717, 1.165) is 38.0 Å². The highest BCUT2D eigenvalue weighted by atomic mass is 32.1. The van der Waals surface area contributed by atoms with Crippen LogP contribution in [0.25, 0.3) is 0 Å². The first kappa shape index (κ1) is 22.9. The third kappa shape index (κ3) is 4.58. The number of aromatic nitrogens is 1. The normalized spacial score (nSPS) is 18.8. The molecule has 2 saturated heterocycles. The molecule has 2 fully saturated rings. The van der Waals surface area contributed by atoms with Crippen molar-refractivity contribution in [2.24, 2.45) is 0 Å². The highest BCUT2D eigenvalue weighted by Gasteiger charge is 2.57. The number of thiophene rings is 1. The van der Waals surface area contributed by atoms with Gasteiger partial charge in [-0.25, -0.2) is 4.79 Å². The first-order chi connectivity index (χ1) is 15.5. The number of nitrogens with zero attached hydrogens (tertiary/aromatic N) is 4. The molecule has 0 saturated carbocycles. The van der Waals surface area contributed by atoms with Gasteiger partial charge in [-0.3, -0.25) is 19.6 Å². The molecule has 3 amide bonds. The molecule has 8 heteroatoms. The van der Waals surface area contributed by atoms with Gasteiger partial charge in [0.25, 0.3) is 5.91 Å². The Kier molecular flexibility index (Phi) is 7.23. The van der Waals surface area contributed by atoms with E-state index in [0.29, 0.717) is 32.5 Å². The van der Waals surface area contributed by atoms with Gasteiger partial charge >= 0.3 is 6.03 Å². The number of urea groups is 1. The van der Waals surface area contributed by atoms with E-state index < -0.39 is 5.54 Å². The second kappa shape index (κ2) is 10.1. The lowest BCUT2D eigenvalue weighted by atomic mass is 9.85. The zero-order valence-electron chi connectivity index (χ0n) is 19.0. The summed E-state index contributed by atoms with van der Waals surface area (Å²) >= 11 is 1.78. The molecular formula is C24H32N4O3S.